The van der Waals surface area contributed by atoms with E-state index in [4.69, 9.17) is 14.2 Å². The van der Waals surface area contributed by atoms with Crippen LogP contribution < -0.4 is 19.5 Å². The molecule has 0 fully saturated rings. The zero-order chi connectivity index (χ0) is 18.3. The summed E-state index contributed by atoms with van der Waals surface area (Å²) in [4.78, 5) is 4.27. The van der Waals surface area contributed by atoms with Crippen molar-refractivity contribution in [2.75, 3.05) is 19.2 Å². The summed E-state index contributed by atoms with van der Waals surface area (Å²) in [7, 11) is 1.40. The molecule has 0 bridgehead atoms. The minimum atomic E-state index is -4.53. The third kappa shape index (κ3) is 2.94. The Morgan fingerprint density at radius 1 is 1.04 bits per heavy atom. The van der Waals surface area contributed by atoms with Gasteiger partial charge < -0.3 is 19.5 Å². The number of hydrogen-bond donors (Lipinski definition) is 1. The van der Waals surface area contributed by atoms with Crippen LogP contribution in [0.1, 0.15) is 5.56 Å². The highest BCUT2D eigenvalue weighted by atomic mass is 19.4. The van der Waals surface area contributed by atoms with Crippen LogP contribution in [-0.2, 0) is 6.18 Å². The van der Waals surface area contributed by atoms with Crippen molar-refractivity contribution in [3.63, 3.8) is 0 Å². The van der Waals surface area contributed by atoms with Gasteiger partial charge in [-0.25, -0.2) is 4.98 Å². The molecule has 1 aliphatic heterocycles. The van der Waals surface area contributed by atoms with Crippen molar-refractivity contribution < 1.29 is 27.4 Å². The van der Waals surface area contributed by atoms with Gasteiger partial charge in [0.25, 0.3) is 0 Å². The van der Waals surface area contributed by atoms with Gasteiger partial charge in [0.05, 0.1) is 18.2 Å². The van der Waals surface area contributed by atoms with Gasteiger partial charge in [-0.05, 0) is 36.4 Å². The minimum Gasteiger partial charge on any atom is -0.497 e. The topological polar surface area (TPSA) is 52.6 Å². The Hall–Kier alpha value is -3.16. The Labute approximate surface area is 146 Å². The van der Waals surface area contributed by atoms with E-state index in [-0.39, 0.29) is 23.5 Å². The van der Waals surface area contributed by atoms with Crippen molar-refractivity contribution >= 4 is 22.4 Å². The fourth-order valence-electron chi connectivity index (χ4n) is 2.75. The number of alkyl halides is 3. The second-order valence-electron chi connectivity index (χ2n) is 5.63. The van der Waals surface area contributed by atoms with E-state index < -0.39 is 11.7 Å². The maximum Gasteiger partial charge on any atom is 0.417 e. The summed E-state index contributed by atoms with van der Waals surface area (Å²) >= 11 is 0. The molecular formula is C18H13F3N2O3. The molecule has 2 aromatic carbocycles. The van der Waals surface area contributed by atoms with Crippen LogP contribution in [0.25, 0.3) is 10.9 Å². The van der Waals surface area contributed by atoms with Gasteiger partial charge in [-0.15, -0.1) is 0 Å². The van der Waals surface area contributed by atoms with E-state index in [0.717, 1.165) is 6.07 Å². The van der Waals surface area contributed by atoms with E-state index in [9.17, 15) is 13.2 Å². The molecule has 0 aliphatic carbocycles. The van der Waals surface area contributed by atoms with Crippen LogP contribution >= 0.6 is 0 Å². The molecule has 0 unspecified atom stereocenters. The van der Waals surface area contributed by atoms with E-state index in [2.05, 4.69) is 10.3 Å². The normalized spacial score (nSPS) is 13.1. The van der Waals surface area contributed by atoms with Crippen molar-refractivity contribution in [2.24, 2.45) is 0 Å². The Balaban J connectivity index is 1.78. The highest BCUT2D eigenvalue weighted by molar-refractivity contribution is 5.86. The lowest BCUT2D eigenvalue weighted by Gasteiger charge is -2.14. The molecule has 5 nitrogen and oxygen atoms in total. The third-order valence-corrected chi connectivity index (χ3v) is 3.97. The third-order valence-electron chi connectivity index (χ3n) is 3.97. The quantitative estimate of drug-likeness (QED) is 0.730. The summed E-state index contributed by atoms with van der Waals surface area (Å²) in [5.74, 6) is 1.52. The fourth-order valence-corrected chi connectivity index (χ4v) is 2.75. The first kappa shape index (κ1) is 16.3. The van der Waals surface area contributed by atoms with Crippen LogP contribution in [-0.4, -0.2) is 18.9 Å². The molecule has 0 radical (unpaired) electrons. The Morgan fingerprint density at radius 3 is 2.62 bits per heavy atom. The lowest BCUT2D eigenvalue weighted by molar-refractivity contribution is -0.136. The number of benzene rings is 2. The number of fused-ring (bicyclic) bond motifs is 2. The molecule has 134 valence electrons. The second-order valence-corrected chi connectivity index (χ2v) is 5.63. The van der Waals surface area contributed by atoms with Gasteiger partial charge >= 0.3 is 6.18 Å². The summed E-state index contributed by atoms with van der Waals surface area (Å²) in [6.07, 6.45) is -4.53. The van der Waals surface area contributed by atoms with Gasteiger partial charge in [0.2, 0.25) is 6.79 Å². The first-order valence-electron chi connectivity index (χ1n) is 7.67. The summed E-state index contributed by atoms with van der Waals surface area (Å²) < 4.78 is 56.1. The predicted octanol–water partition coefficient (Wildman–Crippen LogP) is 4.73. The minimum absolute atomic E-state index is 0.0203. The maximum absolute atomic E-state index is 13.5. The van der Waals surface area contributed by atoms with Crippen molar-refractivity contribution in [1.82, 2.24) is 4.98 Å². The molecule has 8 heteroatoms. The molecule has 0 saturated carbocycles. The maximum atomic E-state index is 13.5. The number of anilines is 2. The number of ether oxygens (including phenoxy) is 3. The Morgan fingerprint density at radius 2 is 1.85 bits per heavy atom. The summed E-state index contributed by atoms with van der Waals surface area (Å²) in [6, 6.07) is 10.4. The zero-order valence-electron chi connectivity index (χ0n) is 13.6. The number of nitrogens with zero attached hydrogens (tertiary/aromatic N) is 1. The van der Waals surface area contributed by atoms with Crippen molar-refractivity contribution in [3.8, 4) is 17.2 Å². The van der Waals surface area contributed by atoms with Crippen molar-refractivity contribution in [1.29, 1.82) is 0 Å². The SMILES string of the molecule is COc1ccc2nc(Nc3ccc4c(c3)OCO4)cc(C(F)(F)F)c2c1. The first-order chi connectivity index (χ1) is 12.4. The van der Waals surface area contributed by atoms with Gasteiger partial charge in [0.15, 0.2) is 11.5 Å². The number of pyridine rings is 1. The molecule has 0 atom stereocenters. The molecule has 1 N–H and O–H groups in total. The first-order valence-corrected chi connectivity index (χ1v) is 7.67. The van der Waals surface area contributed by atoms with Crippen LogP contribution in [0.5, 0.6) is 17.2 Å². The van der Waals surface area contributed by atoms with E-state index >= 15 is 0 Å². The summed E-state index contributed by atoms with van der Waals surface area (Å²) in [5.41, 5.74) is -0.0313. The largest absolute Gasteiger partial charge is 0.497 e. The van der Waals surface area contributed by atoms with Gasteiger partial charge in [0.1, 0.15) is 11.6 Å². The number of methoxy groups -OCH3 is 1. The molecule has 4 rings (SSSR count). The van der Waals surface area contributed by atoms with E-state index in [1.165, 1.54) is 19.2 Å². The zero-order valence-corrected chi connectivity index (χ0v) is 13.6. The summed E-state index contributed by atoms with van der Waals surface area (Å²) in [5, 5.41) is 2.87. The fraction of sp³-hybridized carbons (Fsp3) is 0.167. The highest BCUT2D eigenvalue weighted by Crippen LogP contribution is 2.39. The van der Waals surface area contributed by atoms with E-state index in [1.54, 1.807) is 24.3 Å². The number of aromatic nitrogens is 1. The van der Waals surface area contributed by atoms with Crippen molar-refractivity contribution in [3.05, 3.63) is 48.0 Å². The number of rotatable bonds is 3. The lowest BCUT2D eigenvalue weighted by atomic mass is 10.1. The molecule has 0 saturated heterocycles. The lowest BCUT2D eigenvalue weighted by Crippen LogP contribution is -2.08. The molecule has 0 spiro atoms. The number of nitrogens with one attached hydrogen (secondary N) is 1. The molecule has 0 amide bonds. The Kier molecular flexibility index (Phi) is 3.75. The molecule has 2 heterocycles. The molecule has 26 heavy (non-hydrogen) atoms. The molecular weight excluding hydrogens is 349 g/mol. The van der Waals surface area contributed by atoms with Gasteiger partial charge in [-0.1, -0.05) is 0 Å². The van der Waals surface area contributed by atoms with Crippen LogP contribution in [0, 0.1) is 0 Å². The number of halogens is 3. The average Bonchev–Trinajstić information content (AvgIpc) is 3.07. The van der Waals surface area contributed by atoms with Gasteiger partial charge in [-0.2, -0.15) is 13.2 Å². The van der Waals surface area contributed by atoms with Crippen LogP contribution in [0.15, 0.2) is 42.5 Å². The molecule has 1 aromatic heterocycles. The van der Waals surface area contributed by atoms with E-state index in [0.29, 0.717) is 22.9 Å². The number of hydrogen-bond acceptors (Lipinski definition) is 5. The van der Waals surface area contributed by atoms with E-state index in [1.807, 2.05) is 0 Å². The monoisotopic (exact) mass is 362 g/mol. The van der Waals surface area contributed by atoms with Gasteiger partial charge in [-0.3, -0.25) is 0 Å². The molecule has 1 aliphatic rings. The van der Waals surface area contributed by atoms with Crippen LogP contribution in [0.3, 0.4) is 0 Å². The highest BCUT2D eigenvalue weighted by Gasteiger charge is 2.33. The van der Waals surface area contributed by atoms with Gasteiger partial charge in [0, 0.05) is 17.1 Å². The van der Waals surface area contributed by atoms with Crippen LogP contribution in [0.2, 0.25) is 0 Å². The standard InChI is InChI=1S/C18H13F3N2O3/c1-24-11-3-4-14-12(7-11)13(18(19,20)21)8-17(23-14)22-10-2-5-15-16(6-10)26-9-25-15/h2-8H,9H2,1H3,(H,22,23). The van der Waals surface area contributed by atoms with Crippen LogP contribution in [0.4, 0.5) is 24.7 Å². The molecule has 3 aromatic rings. The smallest absolute Gasteiger partial charge is 0.417 e. The van der Waals surface area contributed by atoms with Crippen molar-refractivity contribution in [2.45, 2.75) is 6.18 Å². The Bertz CT molecular complexity index is 989. The predicted molar refractivity (Wildman–Crippen MR) is 89.1 cm³/mol. The second kappa shape index (κ2) is 5.98. The summed E-state index contributed by atoms with van der Waals surface area (Å²) in [6.45, 7) is 0.118. The average molecular weight is 362 g/mol.